The van der Waals surface area contributed by atoms with E-state index in [0.717, 1.165) is 25.7 Å². The Kier molecular flexibility index (Phi) is 7.85. The summed E-state index contributed by atoms with van der Waals surface area (Å²) in [7, 11) is 0. The molecule has 1 saturated heterocycles. The highest BCUT2D eigenvalue weighted by atomic mass is 16.2. The molecule has 0 unspecified atom stereocenters. The predicted molar refractivity (Wildman–Crippen MR) is 117 cm³/mol. The van der Waals surface area contributed by atoms with Crippen LogP contribution in [0.4, 0.5) is 0 Å². The first-order valence-corrected chi connectivity index (χ1v) is 10.8. The molecule has 4 nitrogen and oxygen atoms in total. The number of benzene rings is 2. The van der Waals surface area contributed by atoms with E-state index < -0.39 is 0 Å². The second-order valence-electron chi connectivity index (χ2n) is 7.77. The highest BCUT2D eigenvalue weighted by Gasteiger charge is 2.23. The van der Waals surface area contributed by atoms with Crippen molar-refractivity contribution in [2.75, 3.05) is 26.2 Å². The van der Waals surface area contributed by atoms with Gasteiger partial charge in [-0.25, -0.2) is 0 Å². The van der Waals surface area contributed by atoms with Gasteiger partial charge in [-0.1, -0.05) is 61.5 Å². The van der Waals surface area contributed by atoms with Crippen molar-refractivity contribution in [3.63, 3.8) is 0 Å². The highest BCUT2D eigenvalue weighted by Crippen LogP contribution is 2.12. The first-order valence-electron chi connectivity index (χ1n) is 10.8. The predicted octanol–water partition coefficient (Wildman–Crippen LogP) is 3.88. The Morgan fingerprint density at radius 1 is 0.690 bits per heavy atom. The molecule has 3 rings (SSSR count). The molecule has 2 aromatic rings. The summed E-state index contributed by atoms with van der Waals surface area (Å²) in [5, 5.41) is 0. The molecule has 1 aliphatic heterocycles. The molecular formula is C25H32N2O2. The van der Waals surface area contributed by atoms with Crippen molar-refractivity contribution in [3.8, 4) is 0 Å². The number of carbonyl (C=O) groups excluding carboxylic acids is 2. The molecule has 0 N–H and O–H groups in total. The van der Waals surface area contributed by atoms with Crippen LogP contribution in [0.25, 0.3) is 0 Å². The average molecular weight is 393 g/mol. The molecule has 1 fully saturated rings. The quantitative estimate of drug-likeness (QED) is 0.684. The zero-order chi connectivity index (χ0) is 20.5. The van der Waals surface area contributed by atoms with Crippen molar-refractivity contribution in [2.24, 2.45) is 0 Å². The smallest absolute Gasteiger partial charge is 0.223 e. The molecule has 0 atom stereocenters. The maximum absolute atomic E-state index is 12.5. The minimum Gasteiger partial charge on any atom is -0.339 e. The van der Waals surface area contributed by atoms with E-state index in [2.05, 4.69) is 43.3 Å². The van der Waals surface area contributed by atoms with E-state index in [0.29, 0.717) is 39.0 Å². The zero-order valence-corrected chi connectivity index (χ0v) is 17.5. The summed E-state index contributed by atoms with van der Waals surface area (Å²) < 4.78 is 0. The van der Waals surface area contributed by atoms with E-state index in [-0.39, 0.29) is 11.8 Å². The van der Waals surface area contributed by atoms with Gasteiger partial charge in [0, 0.05) is 39.0 Å². The topological polar surface area (TPSA) is 40.6 Å². The molecule has 0 radical (unpaired) electrons. The van der Waals surface area contributed by atoms with Crippen molar-refractivity contribution in [2.45, 2.75) is 45.4 Å². The molecule has 0 spiro atoms. The maximum atomic E-state index is 12.5. The van der Waals surface area contributed by atoms with E-state index in [1.54, 1.807) is 0 Å². The Morgan fingerprint density at radius 2 is 1.21 bits per heavy atom. The third-order valence-corrected chi connectivity index (χ3v) is 5.74. The minimum absolute atomic E-state index is 0.195. The molecular weight excluding hydrogens is 360 g/mol. The van der Waals surface area contributed by atoms with Crippen LogP contribution in [0.15, 0.2) is 54.6 Å². The lowest BCUT2D eigenvalue weighted by Crippen LogP contribution is -2.50. The summed E-state index contributed by atoms with van der Waals surface area (Å²) in [5.74, 6) is 0.407. The maximum Gasteiger partial charge on any atom is 0.223 e. The molecule has 29 heavy (non-hydrogen) atoms. The molecule has 0 saturated carbocycles. The van der Waals surface area contributed by atoms with Gasteiger partial charge in [-0.3, -0.25) is 9.59 Å². The third-order valence-electron chi connectivity index (χ3n) is 5.74. The fourth-order valence-corrected chi connectivity index (χ4v) is 3.80. The van der Waals surface area contributed by atoms with Crippen molar-refractivity contribution in [1.82, 2.24) is 9.80 Å². The number of aryl methyl sites for hydroxylation is 3. The van der Waals surface area contributed by atoms with Crippen LogP contribution in [0.3, 0.4) is 0 Å². The van der Waals surface area contributed by atoms with Crippen LogP contribution < -0.4 is 0 Å². The fraction of sp³-hybridized carbons (Fsp3) is 0.440. The van der Waals surface area contributed by atoms with Crippen LogP contribution in [0, 0.1) is 0 Å². The molecule has 4 heteroatoms. The number of nitrogens with zero attached hydrogens (tertiary/aromatic N) is 2. The summed E-state index contributed by atoms with van der Waals surface area (Å²) in [4.78, 5) is 28.8. The van der Waals surface area contributed by atoms with Crippen LogP contribution in [-0.4, -0.2) is 47.8 Å². The van der Waals surface area contributed by atoms with Gasteiger partial charge in [0.25, 0.3) is 0 Å². The van der Waals surface area contributed by atoms with Crippen LogP contribution >= 0.6 is 0 Å². The summed E-state index contributed by atoms with van der Waals surface area (Å²) >= 11 is 0. The second kappa shape index (κ2) is 10.8. The Morgan fingerprint density at radius 3 is 1.79 bits per heavy atom. The lowest BCUT2D eigenvalue weighted by Gasteiger charge is -2.35. The van der Waals surface area contributed by atoms with Gasteiger partial charge in [-0.2, -0.15) is 0 Å². The first kappa shape index (κ1) is 21.1. The molecule has 154 valence electrons. The number of piperazine rings is 1. The van der Waals surface area contributed by atoms with Gasteiger partial charge in [0.15, 0.2) is 0 Å². The van der Waals surface area contributed by atoms with Crippen LogP contribution in [-0.2, 0) is 28.9 Å². The largest absolute Gasteiger partial charge is 0.339 e. The van der Waals surface area contributed by atoms with Crippen LogP contribution in [0.1, 0.15) is 42.9 Å². The molecule has 2 aromatic carbocycles. The van der Waals surface area contributed by atoms with Crippen LogP contribution in [0.5, 0.6) is 0 Å². The van der Waals surface area contributed by atoms with E-state index in [9.17, 15) is 9.59 Å². The van der Waals surface area contributed by atoms with Gasteiger partial charge < -0.3 is 9.80 Å². The Labute approximate surface area is 174 Å². The molecule has 1 aliphatic rings. The zero-order valence-electron chi connectivity index (χ0n) is 17.5. The van der Waals surface area contributed by atoms with Gasteiger partial charge in [-0.15, -0.1) is 0 Å². The molecule has 0 aliphatic carbocycles. The van der Waals surface area contributed by atoms with Gasteiger partial charge in [0.2, 0.25) is 11.8 Å². The standard InChI is InChI=1S/C25H32N2O2/c1-2-21-11-13-23(14-12-21)15-16-25(29)27-19-17-26(18-20-27)24(28)10-6-9-22-7-4-3-5-8-22/h3-5,7-8,11-14H,2,6,9-10,15-20H2,1H3. The van der Waals surface area contributed by atoms with Crippen molar-refractivity contribution >= 4 is 11.8 Å². The molecule has 0 bridgehead atoms. The molecule has 0 aromatic heterocycles. The number of amides is 2. The number of hydrogen-bond acceptors (Lipinski definition) is 2. The Balaban J connectivity index is 1.35. The lowest BCUT2D eigenvalue weighted by molar-refractivity contribution is -0.139. The van der Waals surface area contributed by atoms with Crippen molar-refractivity contribution in [1.29, 1.82) is 0 Å². The number of hydrogen-bond donors (Lipinski definition) is 0. The van der Waals surface area contributed by atoms with E-state index in [1.807, 2.05) is 28.0 Å². The minimum atomic E-state index is 0.195. The third kappa shape index (κ3) is 6.45. The normalized spacial score (nSPS) is 14.1. The van der Waals surface area contributed by atoms with Gasteiger partial charge in [-0.05, 0) is 42.4 Å². The molecule has 2 amide bonds. The summed E-state index contributed by atoms with van der Waals surface area (Å²) in [6, 6.07) is 18.8. The van der Waals surface area contributed by atoms with E-state index >= 15 is 0 Å². The van der Waals surface area contributed by atoms with E-state index in [4.69, 9.17) is 0 Å². The van der Waals surface area contributed by atoms with Gasteiger partial charge >= 0.3 is 0 Å². The number of carbonyl (C=O) groups is 2. The fourth-order valence-electron chi connectivity index (χ4n) is 3.80. The highest BCUT2D eigenvalue weighted by molar-refractivity contribution is 5.78. The number of rotatable bonds is 8. The summed E-state index contributed by atoms with van der Waals surface area (Å²) in [6.07, 6.45) is 4.74. The van der Waals surface area contributed by atoms with Gasteiger partial charge in [0.05, 0.1) is 0 Å². The van der Waals surface area contributed by atoms with Crippen LogP contribution in [0.2, 0.25) is 0 Å². The van der Waals surface area contributed by atoms with E-state index in [1.165, 1.54) is 16.7 Å². The lowest BCUT2D eigenvalue weighted by atomic mass is 10.1. The summed E-state index contributed by atoms with van der Waals surface area (Å²) in [6.45, 7) is 4.75. The van der Waals surface area contributed by atoms with Crippen molar-refractivity contribution < 1.29 is 9.59 Å². The van der Waals surface area contributed by atoms with Gasteiger partial charge in [0.1, 0.15) is 0 Å². The van der Waals surface area contributed by atoms with Crippen molar-refractivity contribution in [3.05, 3.63) is 71.3 Å². The SMILES string of the molecule is CCc1ccc(CCC(=O)N2CCN(C(=O)CCCc3ccccc3)CC2)cc1. The molecule has 1 heterocycles. The first-order chi connectivity index (χ1) is 14.2. The average Bonchev–Trinajstić information content (AvgIpc) is 2.78. The summed E-state index contributed by atoms with van der Waals surface area (Å²) in [5.41, 5.74) is 3.81. The monoisotopic (exact) mass is 392 g/mol. The Bertz CT molecular complexity index is 778. The second-order valence-corrected chi connectivity index (χ2v) is 7.77. The Hall–Kier alpha value is -2.62.